The van der Waals surface area contributed by atoms with E-state index in [4.69, 9.17) is 9.47 Å². The zero-order valence-corrected chi connectivity index (χ0v) is 11.3. The molecule has 0 spiro atoms. The van der Waals surface area contributed by atoms with Crippen LogP contribution < -0.4 is 5.32 Å². The van der Waals surface area contributed by atoms with E-state index in [1.54, 1.807) is 7.11 Å². The number of ether oxygens (including phenoxy) is 2. The van der Waals surface area contributed by atoms with Gasteiger partial charge in [-0.15, -0.1) is 0 Å². The highest BCUT2D eigenvalue weighted by Gasteiger charge is 2.37. The van der Waals surface area contributed by atoms with Crippen molar-refractivity contribution in [1.82, 2.24) is 5.32 Å². The summed E-state index contributed by atoms with van der Waals surface area (Å²) in [7, 11) is 1.61. The van der Waals surface area contributed by atoms with E-state index in [1.807, 2.05) is 13.8 Å². The minimum Gasteiger partial charge on any atom is -0.465 e. The molecule has 0 bridgehead atoms. The first-order chi connectivity index (χ1) is 8.12. The van der Waals surface area contributed by atoms with E-state index in [0.717, 1.165) is 12.8 Å². The largest absolute Gasteiger partial charge is 0.465 e. The van der Waals surface area contributed by atoms with Crippen LogP contribution in [0.1, 0.15) is 46.0 Å². The molecule has 1 saturated carbocycles. The highest BCUT2D eigenvalue weighted by atomic mass is 16.5. The van der Waals surface area contributed by atoms with E-state index < -0.39 is 5.54 Å². The molecule has 1 rings (SSSR count). The summed E-state index contributed by atoms with van der Waals surface area (Å²) < 4.78 is 10.3. The molecule has 4 heteroatoms. The molecule has 0 amide bonds. The predicted octanol–water partition coefficient (Wildman–Crippen LogP) is 1.88. The lowest BCUT2D eigenvalue weighted by atomic mass is 9.92. The lowest BCUT2D eigenvalue weighted by Crippen LogP contribution is -2.57. The number of carbonyl (C=O) groups excluding carboxylic acids is 1. The molecule has 1 fully saturated rings. The smallest absolute Gasteiger partial charge is 0.328 e. The first-order valence-corrected chi connectivity index (χ1v) is 6.56. The monoisotopic (exact) mass is 243 g/mol. The SMILES string of the molecule is CCOC(=O)C(C)(COC)NC1CCCCC1. The maximum Gasteiger partial charge on any atom is 0.328 e. The highest BCUT2D eigenvalue weighted by molar-refractivity contribution is 5.80. The summed E-state index contributed by atoms with van der Waals surface area (Å²) >= 11 is 0. The van der Waals surface area contributed by atoms with Crippen molar-refractivity contribution in [2.45, 2.75) is 57.5 Å². The Bertz CT molecular complexity index is 239. The first-order valence-electron chi connectivity index (χ1n) is 6.56. The number of rotatable bonds is 6. The van der Waals surface area contributed by atoms with E-state index in [-0.39, 0.29) is 5.97 Å². The average molecular weight is 243 g/mol. The van der Waals surface area contributed by atoms with Gasteiger partial charge in [-0.3, -0.25) is 5.32 Å². The van der Waals surface area contributed by atoms with Crippen molar-refractivity contribution in [2.24, 2.45) is 0 Å². The maximum absolute atomic E-state index is 12.0. The molecule has 0 radical (unpaired) electrons. The van der Waals surface area contributed by atoms with Crippen LogP contribution in [0.4, 0.5) is 0 Å². The number of hydrogen-bond donors (Lipinski definition) is 1. The third-order valence-electron chi connectivity index (χ3n) is 3.29. The van der Waals surface area contributed by atoms with Gasteiger partial charge < -0.3 is 9.47 Å². The Kier molecular flexibility index (Phi) is 5.92. The van der Waals surface area contributed by atoms with Gasteiger partial charge in [-0.05, 0) is 26.7 Å². The lowest BCUT2D eigenvalue weighted by Gasteiger charge is -2.34. The van der Waals surface area contributed by atoms with Crippen molar-refractivity contribution < 1.29 is 14.3 Å². The van der Waals surface area contributed by atoms with Crippen molar-refractivity contribution in [3.05, 3.63) is 0 Å². The summed E-state index contributed by atoms with van der Waals surface area (Å²) in [5, 5.41) is 3.42. The van der Waals surface area contributed by atoms with Gasteiger partial charge in [0.05, 0.1) is 13.2 Å². The zero-order chi connectivity index (χ0) is 12.7. The molecular formula is C13H25NO3. The number of hydrogen-bond acceptors (Lipinski definition) is 4. The second kappa shape index (κ2) is 6.97. The van der Waals surface area contributed by atoms with E-state index >= 15 is 0 Å². The molecule has 100 valence electrons. The summed E-state index contributed by atoms with van der Waals surface area (Å²) in [6, 6.07) is 0.410. The molecule has 1 N–H and O–H groups in total. The summed E-state index contributed by atoms with van der Waals surface area (Å²) in [5.74, 6) is -0.215. The summed E-state index contributed by atoms with van der Waals surface area (Å²) in [6.45, 7) is 4.45. The summed E-state index contributed by atoms with van der Waals surface area (Å²) in [4.78, 5) is 12.0. The number of nitrogens with one attached hydrogen (secondary N) is 1. The van der Waals surface area contributed by atoms with Gasteiger partial charge >= 0.3 is 5.97 Å². The van der Waals surface area contributed by atoms with E-state index in [1.165, 1.54) is 19.3 Å². The zero-order valence-electron chi connectivity index (χ0n) is 11.3. The van der Waals surface area contributed by atoms with Gasteiger partial charge in [0.1, 0.15) is 5.54 Å². The molecule has 0 aromatic carbocycles. The van der Waals surface area contributed by atoms with Crippen molar-refractivity contribution in [2.75, 3.05) is 20.3 Å². The fraction of sp³-hybridized carbons (Fsp3) is 0.923. The van der Waals surface area contributed by atoms with Crippen molar-refractivity contribution in [3.8, 4) is 0 Å². The fourth-order valence-corrected chi connectivity index (χ4v) is 2.44. The molecule has 0 saturated heterocycles. The highest BCUT2D eigenvalue weighted by Crippen LogP contribution is 2.20. The molecule has 17 heavy (non-hydrogen) atoms. The van der Waals surface area contributed by atoms with E-state index in [9.17, 15) is 4.79 Å². The molecule has 0 aromatic heterocycles. The average Bonchev–Trinajstić information content (AvgIpc) is 2.31. The molecule has 0 aliphatic heterocycles. The van der Waals surface area contributed by atoms with Crippen molar-refractivity contribution >= 4 is 5.97 Å². The maximum atomic E-state index is 12.0. The predicted molar refractivity (Wildman–Crippen MR) is 66.9 cm³/mol. The normalized spacial score (nSPS) is 20.9. The van der Waals surface area contributed by atoms with Crippen LogP contribution in [0.5, 0.6) is 0 Å². The number of methoxy groups -OCH3 is 1. The first kappa shape index (κ1) is 14.5. The third kappa shape index (κ3) is 4.28. The van der Waals surface area contributed by atoms with Gasteiger partial charge in [0.15, 0.2) is 0 Å². The van der Waals surface area contributed by atoms with Gasteiger partial charge in [0, 0.05) is 13.2 Å². The Morgan fingerprint density at radius 2 is 2.00 bits per heavy atom. The molecule has 1 atom stereocenters. The Balaban J connectivity index is 2.58. The Morgan fingerprint density at radius 3 is 2.53 bits per heavy atom. The minimum atomic E-state index is -0.716. The van der Waals surface area contributed by atoms with Crippen LogP contribution >= 0.6 is 0 Å². The van der Waals surface area contributed by atoms with Crippen LogP contribution in [0.25, 0.3) is 0 Å². The Hall–Kier alpha value is -0.610. The molecule has 1 unspecified atom stereocenters. The number of carbonyl (C=O) groups is 1. The van der Waals surface area contributed by atoms with Gasteiger partial charge in [-0.25, -0.2) is 4.79 Å². The van der Waals surface area contributed by atoms with E-state index in [2.05, 4.69) is 5.32 Å². The third-order valence-corrected chi connectivity index (χ3v) is 3.29. The Morgan fingerprint density at radius 1 is 1.35 bits per heavy atom. The lowest BCUT2D eigenvalue weighted by molar-refractivity contribution is -0.153. The molecule has 4 nitrogen and oxygen atoms in total. The topological polar surface area (TPSA) is 47.6 Å². The minimum absolute atomic E-state index is 0.215. The summed E-state index contributed by atoms with van der Waals surface area (Å²) in [6.07, 6.45) is 6.06. The number of esters is 1. The van der Waals surface area contributed by atoms with Crippen LogP contribution in [-0.2, 0) is 14.3 Å². The van der Waals surface area contributed by atoms with Crippen LogP contribution in [0, 0.1) is 0 Å². The van der Waals surface area contributed by atoms with Crippen LogP contribution in [0.15, 0.2) is 0 Å². The Labute approximate surface area is 104 Å². The standard InChI is InChI=1S/C13H25NO3/c1-4-17-12(15)13(2,10-16-3)14-11-8-6-5-7-9-11/h11,14H,4-10H2,1-3H3. The van der Waals surface area contributed by atoms with Crippen LogP contribution in [0.3, 0.4) is 0 Å². The van der Waals surface area contributed by atoms with Gasteiger partial charge in [0.2, 0.25) is 0 Å². The van der Waals surface area contributed by atoms with E-state index in [0.29, 0.717) is 19.3 Å². The van der Waals surface area contributed by atoms with Crippen molar-refractivity contribution in [3.63, 3.8) is 0 Å². The van der Waals surface area contributed by atoms with Gasteiger partial charge in [0.25, 0.3) is 0 Å². The molecule has 1 aliphatic rings. The van der Waals surface area contributed by atoms with Crippen LogP contribution in [-0.4, -0.2) is 37.9 Å². The van der Waals surface area contributed by atoms with Crippen molar-refractivity contribution in [1.29, 1.82) is 0 Å². The fourth-order valence-electron chi connectivity index (χ4n) is 2.44. The quantitative estimate of drug-likeness (QED) is 0.724. The second-order valence-electron chi connectivity index (χ2n) is 4.96. The van der Waals surface area contributed by atoms with Crippen LogP contribution in [0.2, 0.25) is 0 Å². The molecule has 0 heterocycles. The van der Waals surface area contributed by atoms with Gasteiger partial charge in [-0.1, -0.05) is 19.3 Å². The van der Waals surface area contributed by atoms with Gasteiger partial charge in [-0.2, -0.15) is 0 Å². The molecule has 1 aliphatic carbocycles. The molecule has 0 aromatic rings. The molecular weight excluding hydrogens is 218 g/mol. The second-order valence-corrected chi connectivity index (χ2v) is 4.96. The summed E-state index contributed by atoms with van der Waals surface area (Å²) in [5.41, 5.74) is -0.716.